The van der Waals surface area contributed by atoms with Crippen LogP contribution in [0.3, 0.4) is 0 Å². The molecule has 0 bridgehead atoms. The molecule has 11 heteroatoms. The summed E-state index contributed by atoms with van der Waals surface area (Å²) in [5, 5.41) is 9.80. The van der Waals surface area contributed by atoms with Crippen LogP contribution in [0.4, 0.5) is 5.82 Å². The standard InChI is InChI=1S/C28H33N5O4S2/c1-6-32-25(31-13-11-30(3)12-14-31)20(18(2)21(17-29)26(32)34)16-24-27(35)33(28(38)39-24)10-9-19-7-8-22(36-4)23(15-19)37-5/h7-8,15-16H,6,9-14H2,1-5H3/b24-16+. The van der Waals surface area contributed by atoms with Gasteiger partial charge in [-0.15, -0.1) is 0 Å². The summed E-state index contributed by atoms with van der Waals surface area (Å²) in [5.41, 5.74) is 2.10. The fourth-order valence-electron chi connectivity index (χ4n) is 4.90. The van der Waals surface area contributed by atoms with Crippen LogP contribution in [0, 0.1) is 18.3 Å². The van der Waals surface area contributed by atoms with E-state index in [1.807, 2.05) is 31.2 Å². The van der Waals surface area contributed by atoms with Crippen molar-refractivity contribution in [2.45, 2.75) is 26.8 Å². The number of aromatic nitrogens is 1. The van der Waals surface area contributed by atoms with Gasteiger partial charge in [0.2, 0.25) is 0 Å². The Labute approximate surface area is 238 Å². The largest absolute Gasteiger partial charge is 0.493 e. The Bertz CT molecular complexity index is 1420. The van der Waals surface area contributed by atoms with Crippen LogP contribution in [0.5, 0.6) is 11.5 Å². The SMILES string of the molecule is CCn1c(N2CCN(C)CC2)c(/C=C2/SC(=S)N(CCc3ccc(OC)c(OC)c3)C2=O)c(C)c(C#N)c1=O. The number of nitrogens with zero attached hydrogens (tertiary/aromatic N) is 5. The van der Waals surface area contributed by atoms with Gasteiger partial charge in [-0.05, 0) is 56.7 Å². The number of anilines is 1. The third kappa shape index (κ3) is 5.69. The molecule has 0 unspecified atom stereocenters. The van der Waals surface area contributed by atoms with E-state index in [0.29, 0.717) is 45.8 Å². The minimum absolute atomic E-state index is 0.102. The molecule has 1 amide bonds. The summed E-state index contributed by atoms with van der Waals surface area (Å²) >= 11 is 6.84. The van der Waals surface area contributed by atoms with Crippen molar-refractivity contribution in [3.8, 4) is 17.6 Å². The molecule has 2 fully saturated rings. The molecule has 0 saturated carbocycles. The molecule has 0 radical (unpaired) electrons. The first kappa shape index (κ1) is 28.7. The molecule has 2 aromatic rings. The van der Waals surface area contributed by atoms with Gasteiger partial charge in [0.05, 0.1) is 19.1 Å². The van der Waals surface area contributed by atoms with Crippen LogP contribution in [0.1, 0.15) is 29.2 Å². The van der Waals surface area contributed by atoms with Crippen molar-refractivity contribution in [1.82, 2.24) is 14.4 Å². The number of carbonyl (C=O) groups excluding carboxylic acids is 1. The highest BCUT2D eigenvalue weighted by Gasteiger charge is 2.33. The zero-order valence-corrected chi connectivity index (χ0v) is 24.6. The molecule has 2 saturated heterocycles. The molecule has 1 aromatic carbocycles. The number of methoxy groups -OCH3 is 2. The zero-order chi connectivity index (χ0) is 28.3. The van der Waals surface area contributed by atoms with Gasteiger partial charge in [-0.3, -0.25) is 19.1 Å². The van der Waals surface area contributed by atoms with Crippen molar-refractivity contribution in [2.24, 2.45) is 0 Å². The summed E-state index contributed by atoms with van der Waals surface area (Å²) in [6.45, 7) is 7.71. The number of benzene rings is 1. The van der Waals surface area contributed by atoms with Crippen LogP contribution in [-0.2, 0) is 17.8 Å². The number of pyridine rings is 1. The third-order valence-corrected chi connectivity index (χ3v) is 8.56. The fourth-order valence-corrected chi connectivity index (χ4v) is 6.19. The molecule has 4 rings (SSSR count). The predicted octanol–water partition coefficient (Wildman–Crippen LogP) is 3.26. The van der Waals surface area contributed by atoms with E-state index in [4.69, 9.17) is 21.7 Å². The molecule has 9 nitrogen and oxygen atoms in total. The number of amides is 1. The second-order valence-corrected chi connectivity index (χ2v) is 11.1. The first-order valence-electron chi connectivity index (χ1n) is 12.8. The maximum Gasteiger partial charge on any atom is 0.270 e. The van der Waals surface area contributed by atoms with Gasteiger partial charge < -0.3 is 19.3 Å². The molecule has 39 heavy (non-hydrogen) atoms. The molecule has 2 aliphatic heterocycles. The smallest absolute Gasteiger partial charge is 0.270 e. The van der Waals surface area contributed by atoms with Gasteiger partial charge in [0.25, 0.3) is 11.5 Å². The Morgan fingerprint density at radius 2 is 1.82 bits per heavy atom. The lowest BCUT2D eigenvalue weighted by atomic mass is 10.0. The van der Waals surface area contributed by atoms with E-state index in [0.717, 1.165) is 43.1 Å². The molecule has 0 aliphatic carbocycles. The van der Waals surface area contributed by atoms with E-state index in [1.165, 1.54) is 11.8 Å². The van der Waals surface area contributed by atoms with Crippen LogP contribution < -0.4 is 19.9 Å². The number of rotatable bonds is 8. The van der Waals surface area contributed by atoms with Crippen LogP contribution in [0.25, 0.3) is 6.08 Å². The minimum atomic E-state index is -0.300. The van der Waals surface area contributed by atoms with Crippen molar-refractivity contribution in [3.63, 3.8) is 0 Å². The second kappa shape index (κ2) is 12.2. The Kier molecular flexibility index (Phi) is 9.00. The lowest BCUT2D eigenvalue weighted by Crippen LogP contribution is -2.47. The van der Waals surface area contributed by atoms with Crippen LogP contribution in [0.2, 0.25) is 0 Å². The van der Waals surface area contributed by atoms with E-state index in [2.05, 4.69) is 22.9 Å². The molecule has 0 atom stereocenters. The van der Waals surface area contributed by atoms with Crippen molar-refractivity contribution < 1.29 is 14.3 Å². The first-order chi connectivity index (χ1) is 18.7. The average Bonchev–Trinajstić information content (AvgIpc) is 3.20. The average molecular weight is 568 g/mol. The zero-order valence-electron chi connectivity index (χ0n) is 22.9. The summed E-state index contributed by atoms with van der Waals surface area (Å²) in [7, 11) is 5.25. The molecular weight excluding hydrogens is 534 g/mol. The van der Waals surface area contributed by atoms with Crippen molar-refractivity contribution in [2.75, 3.05) is 58.9 Å². The van der Waals surface area contributed by atoms with Crippen molar-refractivity contribution in [3.05, 3.63) is 55.7 Å². The van der Waals surface area contributed by atoms with Gasteiger partial charge in [0.1, 0.15) is 21.8 Å². The normalized spacial score (nSPS) is 17.2. The number of hydrogen-bond donors (Lipinski definition) is 0. The summed E-state index contributed by atoms with van der Waals surface area (Å²) in [5.74, 6) is 1.85. The number of thiocarbonyl (C=S) groups is 1. The maximum absolute atomic E-state index is 13.5. The summed E-state index contributed by atoms with van der Waals surface area (Å²) in [6.07, 6.45) is 2.40. The van der Waals surface area contributed by atoms with E-state index >= 15 is 0 Å². The molecule has 2 aliphatic rings. The third-order valence-electron chi connectivity index (χ3n) is 7.19. The topological polar surface area (TPSA) is 91.0 Å². The van der Waals surface area contributed by atoms with Gasteiger partial charge in [-0.1, -0.05) is 30.0 Å². The highest BCUT2D eigenvalue weighted by Crippen LogP contribution is 2.36. The molecule has 3 heterocycles. The lowest BCUT2D eigenvalue weighted by molar-refractivity contribution is -0.122. The molecule has 0 spiro atoms. The minimum Gasteiger partial charge on any atom is -0.493 e. The van der Waals surface area contributed by atoms with Gasteiger partial charge in [-0.25, -0.2) is 0 Å². The molecule has 206 valence electrons. The van der Waals surface area contributed by atoms with Crippen molar-refractivity contribution >= 4 is 46.1 Å². The first-order valence-corrected chi connectivity index (χ1v) is 14.0. The van der Waals surface area contributed by atoms with Gasteiger partial charge >= 0.3 is 0 Å². The van der Waals surface area contributed by atoms with Gasteiger partial charge in [0.15, 0.2) is 11.5 Å². The number of hydrogen-bond acceptors (Lipinski definition) is 9. The quantitative estimate of drug-likeness (QED) is 0.352. The summed E-state index contributed by atoms with van der Waals surface area (Å²) < 4.78 is 12.8. The second-order valence-electron chi connectivity index (χ2n) is 9.46. The van der Waals surface area contributed by atoms with E-state index in [-0.39, 0.29) is 17.0 Å². The number of carbonyl (C=O) groups is 1. The summed E-state index contributed by atoms with van der Waals surface area (Å²) in [4.78, 5) is 33.3. The Balaban J connectivity index is 1.68. The maximum atomic E-state index is 13.5. The fraction of sp³-hybridized carbons (Fsp3) is 0.429. The van der Waals surface area contributed by atoms with Crippen molar-refractivity contribution in [1.29, 1.82) is 5.26 Å². The Hall–Kier alpha value is -3.33. The number of thioether (sulfide) groups is 1. The molecule has 1 aromatic heterocycles. The van der Waals surface area contributed by atoms with Crippen LogP contribution >= 0.6 is 24.0 Å². The molecule has 0 N–H and O–H groups in total. The monoisotopic (exact) mass is 567 g/mol. The van der Waals surface area contributed by atoms with E-state index < -0.39 is 0 Å². The number of piperazine rings is 1. The highest BCUT2D eigenvalue weighted by molar-refractivity contribution is 8.26. The predicted molar refractivity (Wildman–Crippen MR) is 159 cm³/mol. The summed E-state index contributed by atoms with van der Waals surface area (Å²) in [6, 6.07) is 7.77. The van der Waals surface area contributed by atoms with Crippen LogP contribution in [-0.4, -0.2) is 78.6 Å². The number of likely N-dealkylation sites (N-methyl/N-ethyl adjacent to an activating group) is 1. The lowest BCUT2D eigenvalue weighted by Gasteiger charge is -2.36. The van der Waals surface area contributed by atoms with Crippen LogP contribution in [0.15, 0.2) is 27.9 Å². The molecular formula is C28H33N5O4S2. The van der Waals surface area contributed by atoms with E-state index in [1.54, 1.807) is 30.6 Å². The van der Waals surface area contributed by atoms with Gasteiger partial charge in [-0.2, -0.15) is 5.26 Å². The van der Waals surface area contributed by atoms with E-state index in [9.17, 15) is 14.9 Å². The number of ether oxygens (including phenoxy) is 2. The number of nitriles is 1. The Morgan fingerprint density at radius 3 is 2.44 bits per heavy atom. The Morgan fingerprint density at radius 1 is 1.13 bits per heavy atom. The highest BCUT2D eigenvalue weighted by atomic mass is 32.2. The van der Waals surface area contributed by atoms with Gasteiger partial charge in [0, 0.05) is 44.8 Å².